The zero-order valence-corrected chi connectivity index (χ0v) is 11.6. The Balaban J connectivity index is 2.53. The third-order valence-corrected chi connectivity index (χ3v) is 2.69. The predicted octanol–water partition coefficient (Wildman–Crippen LogP) is 2.21. The second-order valence-corrected chi connectivity index (χ2v) is 4.16. The van der Waals surface area contributed by atoms with Gasteiger partial charge >= 0.3 is 0 Å². The average molecular weight is 295 g/mol. The first-order valence-corrected chi connectivity index (χ1v) is 6.21. The number of nitrogens with zero attached hydrogens (tertiary/aromatic N) is 2. The molecule has 5 nitrogen and oxygen atoms in total. The van der Waals surface area contributed by atoms with Crippen molar-refractivity contribution in [2.75, 3.05) is 5.73 Å². The number of hydrogen-bond acceptors (Lipinski definition) is 5. The van der Waals surface area contributed by atoms with E-state index in [-0.39, 0.29) is 11.3 Å². The fraction of sp³-hybridized carbons (Fsp3) is 0. The van der Waals surface area contributed by atoms with Crippen LogP contribution >= 0.6 is 12.6 Å². The number of nitro benzene ring substituents is 1. The van der Waals surface area contributed by atoms with Crippen LogP contribution in [0.4, 0.5) is 11.4 Å². The molecule has 1 heterocycles. The van der Waals surface area contributed by atoms with Gasteiger partial charge in [-0.25, -0.2) is 0 Å². The summed E-state index contributed by atoms with van der Waals surface area (Å²) in [6, 6.07) is 6.17. The van der Waals surface area contributed by atoms with E-state index >= 15 is 0 Å². The summed E-state index contributed by atoms with van der Waals surface area (Å²) in [6.07, 6.45) is 3.19. The van der Waals surface area contributed by atoms with Gasteiger partial charge in [0.25, 0.3) is 5.69 Å². The van der Waals surface area contributed by atoms with E-state index in [0.29, 0.717) is 16.8 Å². The molecule has 0 aliphatic rings. The van der Waals surface area contributed by atoms with Gasteiger partial charge < -0.3 is 5.73 Å². The third-order valence-electron chi connectivity index (χ3n) is 2.58. The molecular formula is C15H9N3O2S. The van der Waals surface area contributed by atoms with Crippen molar-refractivity contribution >= 4 is 24.0 Å². The number of pyridine rings is 1. The van der Waals surface area contributed by atoms with Crippen LogP contribution in [0.3, 0.4) is 0 Å². The summed E-state index contributed by atoms with van der Waals surface area (Å²) in [7, 11) is 0. The Morgan fingerprint density at radius 3 is 2.48 bits per heavy atom. The molecule has 2 N–H and O–H groups in total. The fourth-order valence-corrected chi connectivity index (χ4v) is 1.72. The Morgan fingerprint density at radius 1 is 1.14 bits per heavy atom. The van der Waals surface area contributed by atoms with Gasteiger partial charge in [-0.3, -0.25) is 15.1 Å². The molecule has 0 saturated carbocycles. The van der Waals surface area contributed by atoms with E-state index in [1.807, 2.05) is 0 Å². The number of nitrogen functional groups attached to an aromatic ring is 1. The molecule has 0 saturated heterocycles. The van der Waals surface area contributed by atoms with Crippen LogP contribution in [-0.4, -0.2) is 9.91 Å². The number of nitro groups is 1. The van der Waals surface area contributed by atoms with Crippen LogP contribution in [0.1, 0.15) is 16.7 Å². The minimum Gasteiger partial charge on any atom is -0.398 e. The molecule has 1 aromatic heterocycles. The second kappa shape index (κ2) is 6.47. The standard InChI is InChI=1S/C15H9N3O2S/c16-14-9-13(2-1-11-3-6-17-7-4-11)15(18(19)20)10-12(14)5-8-21/h3-4,6-7,9-10,21H,16H2. The lowest BCUT2D eigenvalue weighted by molar-refractivity contribution is -0.385. The molecule has 2 rings (SSSR count). The highest BCUT2D eigenvalue weighted by Gasteiger charge is 2.15. The summed E-state index contributed by atoms with van der Waals surface area (Å²) in [5.41, 5.74) is 7.28. The van der Waals surface area contributed by atoms with Gasteiger partial charge in [0, 0.05) is 29.7 Å². The van der Waals surface area contributed by atoms with Crippen LogP contribution in [0.2, 0.25) is 0 Å². The molecule has 21 heavy (non-hydrogen) atoms. The maximum atomic E-state index is 11.1. The summed E-state index contributed by atoms with van der Waals surface area (Å²) < 4.78 is 0. The minimum atomic E-state index is -0.514. The van der Waals surface area contributed by atoms with Gasteiger partial charge in [0.1, 0.15) is 5.56 Å². The largest absolute Gasteiger partial charge is 0.398 e. The van der Waals surface area contributed by atoms with Gasteiger partial charge in [-0.15, -0.1) is 0 Å². The molecule has 102 valence electrons. The van der Waals surface area contributed by atoms with Crippen LogP contribution in [0, 0.1) is 33.1 Å². The Morgan fingerprint density at radius 2 is 1.86 bits per heavy atom. The Kier molecular flexibility index (Phi) is 4.45. The van der Waals surface area contributed by atoms with Gasteiger partial charge in [-0.2, -0.15) is 0 Å². The second-order valence-electron chi connectivity index (χ2n) is 3.94. The van der Waals surface area contributed by atoms with Crippen molar-refractivity contribution in [1.82, 2.24) is 4.98 Å². The van der Waals surface area contributed by atoms with Crippen molar-refractivity contribution in [2.45, 2.75) is 0 Å². The minimum absolute atomic E-state index is 0.142. The van der Waals surface area contributed by atoms with E-state index in [1.54, 1.807) is 24.5 Å². The van der Waals surface area contributed by atoms with E-state index in [0.717, 1.165) is 0 Å². The quantitative estimate of drug-likeness (QED) is 0.278. The number of nitrogens with two attached hydrogens (primary N) is 1. The lowest BCUT2D eigenvalue weighted by Crippen LogP contribution is -1.98. The average Bonchev–Trinajstić information content (AvgIpc) is 2.48. The molecule has 0 aliphatic carbocycles. The first-order valence-electron chi connectivity index (χ1n) is 5.77. The number of hydrogen-bond donors (Lipinski definition) is 2. The van der Waals surface area contributed by atoms with Crippen LogP contribution in [-0.2, 0) is 0 Å². The highest BCUT2D eigenvalue weighted by molar-refractivity contribution is 7.85. The van der Waals surface area contributed by atoms with E-state index in [1.165, 1.54) is 12.1 Å². The van der Waals surface area contributed by atoms with E-state index < -0.39 is 4.92 Å². The molecule has 0 radical (unpaired) electrons. The molecule has 1 aromatic carbocycles. The Bertz CT molecular complexity index is 812. The van der Waals surface area contributed by atoms with Gasteiger partial charge in [-0.05, 0) is 23.5 Å². The fourth-order valence-electron chi connectivity index (χ4n) is 1.60. The van der Waals surface area contributed by atoms with E-state index in [2.05, 4.69) is 40.6 Å². The summed E-state index contributed by atoms with van der Waals surface area (Å²) in [6.45, 7) is 0. The van der Waals surface area contributed by atoms with Gasteiger partial charge in [0.2, 0.25) is 0 Å². The van der Waals surface area contributed by atoms with Gasteiger partial charge in [-0.1, -0.05) is 30.4 Å². The van der Waals surface area contributed by atoms with Crippen molar-refractivity contribution in [2.24, 2.45) is 0 Å². The first kappa shape index (κ1) is 14.4. The van der Waals surface area contributed by atoms with E-state index in [9.17, 15) is 10.1 Å². The number of benzene rings is 1. The normalized spacial score (nSPS) is 9.00. The molecule has 0 spiro atoms. The molecule has 0 unspecified atom stereocenters. The number of rotatable bonds is 1. The smallest absolute Gasteiger partial charge is 0.286 e. The Hall–Kier alpha value is -2.96. The predicted molar refractivity (Wildman–Crippen MR) is 83.6 cm³/mol. The maximum absolute atomic E-state index is 11.1. The topological polar surface area (TPSA) is 82.0 Å². The molecule has 0 atom stereocenters. The highest BCUT2D eigenvalue weighted by Crippen LogP contribution is 2.24. The van der Waals surface area contributed by atoms with Gasteiger partial charge in [0.15, 0.2) is 0 Å². The van der Waals surface area contributed by atoms with Crippen molar-refractivity contribution in [3.63, 3.8) is 0 Å². The zero-order chi connectivity index (χ0) is 15.2. The molecular weight excluding hydrogens is 286 g/mol. The lowest BCUT2D eigenvalue weighted by Gasteiger charge is -2.01. The first-order chi connectivity index (χ1) is 10.1. The monoisotopic (exact) mass is 295 g/mol. The van der Waals surface area contributed by atoms with Crippen LogP contribution in [0.25, 0.3) is 0 Å². The van der Waals surface area contributed by atoms with Crippen LogP contribution in [0.15, 0.2) is 36.7 Å². The Labute approximate surface area is 126 Å². The lowest BCUT2D eigenvalue weighted by atomic mass is 10.1. The summed E-state index contributed by atoms with van der Waals surface area (Å²) >= 11 is 3.76. The number of thiol groups is 1. The molecule has 0 aliphatic heterocycles. The molecule has 6 heteroatoms. The zero-order valence-electron chi connectivity index (χ0n) is 10.7. The molecule has 0 amide bonds. The van der Waals surface area contributed by atoms with Crippen molar-refractivity contribution in [3.8, 4) is 23.0 Å². The molecule has 0 fully saturated rings. The summed E-state index contributed by atoms with van der Waals surface area (Å²) in [5, 5.41) is 13.5. The summed E-state index contributed by atoms with van der Waals surface area (Å²) in [5.74, 6) is 8.19. The maximum Gasteiger partial charge on any atom is 0.286 e. The number of aromatic nitrogens is 1. The van der Waals surface area contributed by atoms with Crippen molar-refractivity contribution < 1.29 is 4.92 Å². The molecule has 0 bridgehead atoms. The molecule has 2 aromatic rings. The third kappa shape index (κ3) is 3.53. The van der Waals surface area contributed by atoms with Gasteiger partial charge in [0.05, 0.1) is 10.5 Å². The van der Waals surface area contributed by atoms with Crippen LogP contribution in [0.5, 0.6) is 0 Å². The van der Waals surface area contributed by atoms with E-state index in [4.69, 9.17) is 5.73 Å². The number of anilines is 1. The summed E-state index contributed by atoms with van der Waals surface area (Å²) in [4.78, 5) is 14.5. The van der Waals surface area contributed by atoms with Crippen molar-refractivity contribution in [3.05, 3.63) is 63.5 Å². The SMILES string of the molecule is Nc1cc(C#Cc2ccncc2)c([N+](=O)[O-])cc1C#CS. The van der Waals surface area contributed by atoms with Crippen molar-refractivity contribution in [1.29, 1.82) is 0 Å². The highest BCUT2D eigenvalue weighted by atomic mass is 32.1. The van der Waals surface area contributed by atoms with Crippen LogP contribution < -0.4 is 5.73 Å².